The number of ether oxygens (including phenoxy) is 3. The molecule has 2 aliphatic heterocycles. The Kier molecular flexibility index (Phi) is 9.86. The van der Waals surface area contributed by atoms with E-state index in [0.29, 0.717) is 43.5 Å². The van der Waals surface area contributed by atoms with Gasteiger partial charge >= 0.3 is 6.09 Å². The minimum atomic E-state index is -0.549. The monoisotopic (exact) mass is 631 g/mol. The lowest BCUT2D eigenvalue weighted by Gasteiger charge is -2.37. The Balaban J connectivity index is 1.08. The highest BCUT2D eigenvalue weighted by Crippen LogP contribution is 2.47. The number of aliphatic hydroxyl groups excluding tert-OH is 1. The summed E-state index contributed by atoms with van der Waals surface area (Å²) in [4.78, 5) is 29.5. The molecule has 244 valence electrons. The normalized spacial score (nSPS) is 17.7. The third-order valence-electron chi connectivity index (χ3n) is 9.05. The molecule has 2 amide bonds. The van der Waals surface area contributed by atoms with E-state index in [-0.39, 0.29) is 31.0 Å². The summed E-state index contributed by atoms with van der Waals surface area (Å²) >= 11 is 0. The molecule has 0 bridgehead atoms. The van der Waals surface area contributed by atoms with Crippen LogP contribution in [0.2, 0.25) is 0 Å². The number of likely N-dealkylation sites (tertiary alicyclic amines) is 1. The minimum Gasteiger partial charge on any atom is -0.494 e. The predicted octanol–water partition coefficient (Wildman–Crippen LogP) is 5.50. The van der Waals surface area contributed by atoms with Crippen molar-refractivity contribution in [3.05, 3.63) is 83.2 Å². The van der Waals surface area contributed by atoms with Crippen molar-refractivity contribution in [3.8, 4) is 16.9 Å². The number of carbonyl (C=O) groups is 2. The van der Waals surface area contributed by atoms with Crippen molar-refractivity contribution < 1.29 is 33.3 Å². The quantitative estimate of drug-likeness (QED) is 0.241. The Bertz CT molecular complexity index is 1520. The second-order valence-corrected chi connectivity index (χ2v) is 12.3. The van der Waals surface area contributed by atoms with Crippen LogP contribution in [-0.4, -0.2) is 80.2 Å². The van der Waals surface area contributed by atoms with Crippen molar-refractivity contribution in [3.63, 3.8) is 0 Å². The molecule has 2 heterocycles. The minimum absolute atomic E-state index is 0.0558. The maximum Gasteiger partial charge on any atom is 0.415 e. The number of benzene rings is 3. The first-order valence-corrected chi connectivity index (χ1v) is 16.2. The number of halogens is 1. The van der Waals surface area contributed by atoms with Crippen molar-refractivity contribution in [2.45, 2.75) is 50.7 Å². The number of carbonyl (C=O) groups excluding carboxylic acids is 2. The van der Waals surface area contributed by atoms with Gasteiger partial charge < -0.3 is 24.6 Å². The van der Waals surface area contributed by atoms with E-state index in [1.165, 1.54) is 17.7 Å². The van der Waals surface area contributed by atoms with Crippen LogP contribution in [0, 0.1) is 5.82 Å². The van der Waals surface area contributed by atoms with Crippen molar-refractivity contribution >= 4 is 17.7 Å². The van der Waals surface area contributed by atoms with Gasteiger partial charge in [0.25, 0.3) is 5.91 Å². The van der Waals surface area contributed by atoms with Gasteiger partial charge in [0.15, 0.2) is 0 Å². The summed E-state index contributed by atoms with van der Waals surface area (Å²) in [6.07, 6.45) is 3.40. The lowest BCUT2D eigenvalue weighted by molar-refractivity contribution is -0.00112. The van der Waals surface area contributed by atoms with Crippen LogP contribution in [0.1, 0.15) is 60.0 Å². The van der Waals surface area contributed by atoms with Crippen LogP contribution < -0.4 is 15.0 Å². The molecule has 2 N–H and O–H groups in total. The number of amides is 2. The molecular formula is C36H42FN3O6. The lowest BCUT2D eigenvalue weighted by atomic mass is 9.90. The molecule has 0 unspecified atom stereocenters. The van der Waals surface area contributed by atoms with Crippen LogP contribution in [0.4, 0.5) is 14.9 Å². The number of anilines is 1. The van der Waals surface area contributed by atoms with Gasteiger partial charge in [-0.3, -0.25) is 14.6 Å². The zero-order valence-electron chi connectivity index (χ0n) is 26.3. The summed E-state index contributed by atoms with van der Waals surface area (Å²) in [7, 11) is 0. The van der Waals surface area contributed by atoms with Crippen molar-refractivity contribution in [1.82, 2.24) is 10.2 Å². The molecule has 0 aromatic heterocycles. The molecule has 2 saturated heterocycles. The van der Waals surface area contributed by atoms with Crippen molar-refractivity contribution in [1.29, 1.82) is 0 Å². The maximum atomic E-state index is 13.7. The summed E-state index contributed by atoms with van der Waals surface area (Å²) < 4.78 is 31.0. The van der Waals surface area contributed by atoms with Crippen LogP contribution in [0.15, 0.2) is 60.7 Å². The summed E-state index contributed by atoms with van der Waals surface area (Å²) in [5.74, 6) is 0.905. The van der Waals surface area contributed by atoms with Gasteiger partial charge in [-0.2, -0.15) is 0 Å². The molecule has 3 aromatic rings. The van der Waals surface area contributed by atoms with Gasteiger partial charge in [0.05, 0.1) is 33.0 Å². The number of hydrogen-bond donors (Lipinski definition) is 2. The molecule has 6 rings (SSSR count). The molecule has 1 saturated carbocycles. The standard InChI is InChI=1S/C36H42FN3O6/c1-2-45-33-22-32(26-5-9-29(37)10-6-26)31(25-3-4-25)21-28(33)23-39-16-13-36(14-17-39)24-40(35(43)46-36)30-11-7-27(8-12-30)34(42)38-15-19-44-20-18-41/h5-12,21-22,25,41H,2-4,13-20,23-24H2,1H3,(H,38,42). The first-order valence-electron chi connectivity index (χ1n) is 16.2. The van der Waals surface area contributed by atoms with Crippen LogP contribution in [0.5, 0.6) is 5.75 Å². The summed E-state index contributed by atoms with van der Waals surface area (Å²) in [6, 6.07) is 18.1. The third kappa shape index (κ3) is 7.35. The first kappa shape index (κ1) is 32.0. The number of piperidine rings is 1. The number of nitrogens with zero attached hydrogens (tertiary/aromatic N) is 2. The van der Waals surface area contributed by atoms with E-state index >= 15 is 0 Å². The first-order chi connectivity index (χ1) is 22.4. The summed E-state index contributed by atoms with van der Waals surface area (Å²) in [5, 5.41) is 11.5. The van der Waals surface area contributed by atoms with Gasteiger partial charge in [0.1, 0.15) is 17.2 Å². The van der Waals surface area contributed by atoms with Crippen LogP contribution in [0.3, 0.4) is 0 Å². The SMILES string of the molecule is CCOc1cc(-c2ccc(F)cc2)c(C2CC2)cc1CN1CCC2(CC1)CN(c1ccc(C(=O)NCCOCCO)cc1)C(=O)O2. The Morgan fingerprint density at radius 3 is 2.48 bits per heavy atom. The van der Waals surface area contributed by atoms with E-state index in [9.17, 15) is 14.0 Å². The fourth-order valence-electron chi connectivity index (χ4n) is 6.41. The maximum absolute atomic E-state index is 13.7. The fourth-order valence-corrected chi connectivity index (χ4v) is 6.41. The van der Waals surface area contributed by atoms with Crippen molar-refractivity contribution in [2.75, 3.05) is 57.5 Å². The summed E-state index contributed by atoms with van der Waals surface area (Å²) in [5.41, 5.74) is 5.20. The molecular weight excluding hydrogens is 589 g/mol. The number of hydrogen-bond acceptors (Lipinski definition) is 7. The van der Waals surface area contributed by atoms with E-state index in [0.717, 1.165) is 67.8 Å². The van der Waals surface area contributed by atoms with Gasteiger partial charge in [-0.15, -0.1) is 0 Å². The molecule has 0 radical (unpaired) electrons. The van der Waals surface area contributed by atoms with Gasteiger partial charge in [0.2, 0.25) is 0 Å². The molecule has 1 aliphatic carbocycles. The van der Waals surface area contributed by atoms with Gasteiger partial charge in [-0.25, -0.2) is 9.18 Å². The largest absolute Gasteiger partial charge is 0.494 e. The van der Waals surface area contributed by atoms with Crippen molar-refractivity contribution in [2.24, 2.45) is 0 Å². The Morgan fingerprint density at radius 2 is 1.80 bits per heavy atom. The van der Waals surface area contributed by atoms with Gasteiger partial charge in [0, 0.05) is 55.8 Å². The zero-order chi connectivity index (χ0) is 32.1. The molecule has 9 nitrogen and oxygen atoms in total. The smallest absolute Gasteiger partial charge is 0.415 e. The molecule has 1 spiro atoms. The zero-order valence-corrected chi connectivity index (χ0v) is 26.3. The molecule has 10 heteroatoms. The number of nitrogens with one attached hydrogen (secondary N) is 1. The second-order valence-electron chi connectivity index (χ2n) is 12.3. The van der Waals surface area contributed by atoms with Gasteiger partial charge in [-0.05, 0) is 90.9 Å². The van der Waals surface area contributed by atoms with Crippen LogP contribution in [-0.2, 0) is 16.0 Å². The molecule has 46 heavy (non-hydrogen) atoms. The van der Waals surface area contributed by atoms with E-state index in [2.05, 4.69) is 22.3 Å². The molecule has 0 atom stereocenters. The molecule has 3 aliphatic rings. The molecule has 3 fully saturated rings. The lowest BCUT2D eigenvalue weighted by Crippen LogP contribution is -2.46. The van der Waals surface area contributed by atoms with Crippen LogP contribution >= 0.6 is 0 Å². The highest BCUT2D eigenvalue weighted by molar-refractivity contribution is 5.95. The Labute approximate surface area is 269 Å². The van der Waals surface area contributed by atoms with E-state index in [4.69, 9.17) is 19.3 Å². The number of rotatable bonds is 13. The highest BCUT2D eigenvalue weighted by Gasteiger charge is 2.47. The number of aliphatic hydroxyl groups is 1. The van der Waals surface area contributed by atoms with E-state index < -0.39 is 5.60 Å². The average Bonchev–Trinajstić information content (AvgIpc) is 3.86. The second kappa shape index (κ2) is 14.2. The third-order valence-corrected chi connectivity index (χ3v) is 9.05. The molecule has 3 aromatic carbocycles. The van der Waals surface area contributed by atoms with Crippen LogP contribution in [0.25, 0.3) is 11.1 Å². The summed E-state index contributed by atoms with van der Waals surface area (Å²) in [6.45, 7) is 6.16. The fraction of sp³-hybridized carbons (Fsp3) is 0.444. The topological polar surface area (TPSA) is 101 Å². The highest BCUT2D eigenvalue weighted by atomic mass is 19.1. The Hall–Kier alpha value is -3.99. The predicted molar refractivity (Wildman–Crippen MR) is 173 cm³/mol. The van der Waals surface area contributed by atoms with E-state index in [1.807, 2.05) is 19.1 Å². The van der Waals surface area contributed by atoms with Gasteiger partial charge in [-0.1, -0.05) is 12.1 Å². The van der Waals surface area contributed by atoms with E-state index in [1.54, 1.807) is 29.2 Å². The Morgan fingerprint density at radius 1 is 1.07 bits per heavy atom. The average molecular weight is 632 g/mol.